The number of rotatable bonds is 7. The molecule has 1 saturated heterocycles. The number of ketones is 1. The molecule has 0 aromatic heterocycles. The first-order valence-corrected chi connectivity index (χ1v) is 12.1. The second-order valence-corrected chi connectivity index (χ2v) is 9.55. The number of carbonyl (C=O) groups excluding carboxylic acids is 2. The lowest BCUT2D eigenvalue weighted by molar-refractivity contribution is -0.117. The summed E-state index contributed by atoms with van der Waals surface area (Å²) in [6, 6.07) is 19.6. The van der Waals surface area contributed by atoms with E-state index >= 15 is 0 Å². The van der Waals surface area contributed by atoms with E-state index in [4.69, 9.17) is 0 Å². The smallest absolute Gasteiger partial charge is 0.244 e. The van der Waals surface area contributed by atoms with E-state index in [1.54, 1.807) is 23.3 Å². The molecule has 166 valence electrons. The Hall–Kier alpha value is -2.72. The first-order chi connectivity index (χ1) is 15.7. The number of nitrogens with one attached hydrogen (secondary N) is 1. The molecule has 4 heteroatoms. The van der Waals surface area contributed by atoms with Crippen LogP contribution in [0.4, 0.5) is 0 Å². The van der Waals surface area contributed by atoms with E-state index in [-0.39, 0.29) is 17.7 Å². The van der Waals surface area contributed by atoms with Crippen LogP contribution >= 0.6 is 0 Å². The monoisotopic (exact) mass is 428 g/mol. The Bertz CT molecular complexity index is 961. The van der Waals surface area contributed by atoms with E-state index in [9.17, 15) is 9.59 Å². The van der Waals surface area contributed by atoms with Gasteiger partial charge in [0.05, 0.1) is 0 Å². The van der Waals surface area contributed by atoms with Gasteiger partial charge in [0.1, 0.15) is 0 Å². The van der Waals surface area contributed by atoms with Crippen molar-refractivity contribution in [1.29, 1.82) is 0 Å². The number of hydrogen-bond donors (Lipinski definition) is 1. The van der Waals surface area contributed by atoms with Gasteiger partial charge in [-0.3, -0.25) is 14.5 Å². The summed E-state index contributed by atoms with van der Waals surface area (Å²) in [5, 5.41) is 3.09. The van der Waals surface area contributed by atoms with Crippen molar-refractivity contribution in [2.24, 2.45) is 5.92 Å². The fourth-order valence-electron chi connectivity index (χ4n) is 5.99. The van der Waals surface area contributed by atoms with Gasteiger partial charge in [0.25, 0.3) is 0 Å². The number of amides is 1. The van der Waals surface area contributed by atoms with E-state index < -0.39 is 0 Å². The van der Waals surface area contributed by atoms with Gasteiger partial charge in [-0.25, -0.2) is 0 Å². The molecule has 2 aliphatic heterocycles. The SMILES string of the molecule is O=C(/C=C/C(=O)c1ccccc1)N[C@H]1CC[C@H](CCN2[C@@H]3CC[C@H]2c2ccccc23)CC1. The van der Waals surface area contributed by atoms with E-state index in [0.29, 0.717) is 17.6 Å². The third kappa shape index (κ3) is 4.42. The largest absolute Gasteiger partial charge is 0.350 e. The van der Waals surface area contributed by atoms with Crippen LogP contribution in [-0.2, 0) is 4.79 Å². The Morgan fingerprint density at radius 1 is 0.812 bits per heavy atom. The first kappa shape index (κ1) is 21.1. The second kappa shape index (κ2) is 9.41. The van der Waals surface area contributed by atoms with Gasteiger partial charge in [0.15, 0.2) is 5.78 Å². The van der Waals surface area contributed by atoms with Crippen molar-refractivity contribution < 1.29 is 9.59 Å². The number of benzene rings is 2. The number of allylic oxidation sites excluding steroid dienone is 1. The quantitative estimate of drug-likeness (QED) is 0.476. The van der Waals surface area contributed by atoms with Gasteiger partial charge < -0.3 is 5.32 Å². The summed E-state index contributed by atoms with van der Waals surface area (Å²) in [4.78, 5) is 27.1. The normalized spacial score (nSPS) is 26.9. The first-order valence-electron chi connectivity index (χ1n) is 12.1. The molecule has 2 aromatic carbocycles. The highest BCUT2D eigenvalue weighted by Crippen LogP contribution is 2.53. The van der Waals surface area contributed by atoms with Crippen molar-refractivity contribution in [3.05, 3.63) is 83.4 Å². The molecule has 0 spiro atoms. The molecular weight excluding hydrogens is 396 g/mol. The van der Waals surface area contributed by atoms with Crippen LogP contribution in [0.25, 0.3) is 0 Å². The third-order valence-corrected chi connectivity index (χ3v) is 7.66. The molecule has 5 rings (SSSR count). The van der Waals surface area contributed by atoms with Gasteiger partial charge in [-0.1, -0.05) is 54.6 Å². The summed E-state index contributed by atoms with van der Waals surface area (Å²) in [6.07, 6.45) is 11.0. The average molecular weight is 429 g/mol. The molecule has 1 N–H and O–H groups in total. The highest BCUT2D eigenvalue weighted by molar-refractivity contribution is 6.07. The van der Waals surface area contributed by atoms with Crippen molar-refractivity contribution in [1.82, 2.24) is 10.2 Å². The van der Waals surface area contributed by atoms with Crippen molar-refractivity contribution in [2.45, 2.75) is 63.1 Å². The molecule has 2 bridgehead atoms. The molecular formula is C28H32N2O2. The summed E-state index contributed by atoms with van der Waals surface area (Å²) < 4.78 is 0. The molecule has 4 nitrogen and oxygen atoms in total. The molecule has 2 aromatic rings. The van der Waals surface area contributed by atoms with Crippen LogP contribution in [-0.4, -0.2) is 29.2 Å². The fraction of sp³-hybridized carbons (Fsp3) is 0.429. The summed E-state index contributed by atoms with van der Waals surface area (Å²) in [6.45, 7) is 1.19. The topological polar surface area (TPSA) is 49.4 Å². The zero-order chi connectivity index (χ0) is 21.9. The Labute approximate surface area is 190 Å². The van der Waals surface area contributed by atoms with Crippen LogP contribution in [0.3, 0.4) is 0 Å². The molecule has 2 atom stereocenters. The van der Waals surface area contributed by atoms with E-state index in [1.165, 1.54) is 50.8 Å². The molecule has 0 radical (unpaired) electrons. The number of hydrogen-bond acceptors (Lipinski definition) is 3. The summed E-state index contributed by atoms with van der Waals surface area (Å²) in [5.41, 5.74) is 3.73. The maximum Gasteiger partial charge on any atom is 0.244 e. The number of nitrogens with zero attached hydrogens (tertiary/aromatic N) is 1. The minimum Gasteiger partial charge on any atom is -0.350 e. The number of carbonyl (C=O) groups is 2. The third-order valence-electron chi connectivity index (χ3n) is 7.66. The molecule has 1 aliphatic carbocycles. The van der Waals surface area contributed by atoms with Crippen molar-refractivity contribution in [2.75, 3.05) is 6.54 Å². The van der Waals surface area contributed by atoms with E-state index in [1.807, 2.05) is 18.2 Å². The lowest BCUT2D eigenvalue weighted by atomic mass is 9.84. The van der Waals surface area contributed by atoms with Gasteiger partial charge in [-0.05, 0) is 74.6 Å². The Morgan fingerprint density at radius 3 is 2.09 bits per heavy atom. The minimum atomic E-state index is -0.163. The zero-order valence-corrected chi connectivity index (χ0v) is 18.6. The molecule has 2 fully saturated rings. The van der Waals surface area contributed by atoms with Gasteiger partial charge in [0.2, 0.25) is 5.91 Å². The van der Waals surface area contributed by atoms with Crippen molar-refractivity contribution in [3.63, 3.8) is 0 Å². The average Bonchev–Trinajstić information content (AvgIpc) is 3.39. The standard InChI is InChI=1S/C28H32N2O2/c31-27(21-6-2-1-3-7-21)16-17-28(32)29-22-12-10-20(11-13-22)18-19-30-25-14-15-26(30)24-9-5-4-8-23(24)25/h1-9,16-17,20,22,25-26H,10-15,18-19H2,(H,29,32)/b17-16+/t20-,22-,25-,26+. The van der Waals surface area contributed by atoms with Crippen LogP contribution < -0.4 is 5.32 Å². The van der Waals surface area contributed by atoms with Gasteiger partial charge in [0, 0.05) is 29.8 Å². The maximum atomic E-state index is 12.3. The van der Waals surface area contributed by atoms with Crippen LogP contribution in [0.5, 0.6) is 0 Å². The highest BCUT2D eigenvalue weighted by atomic mass is 16.1. The van der Waals surface area contributed by atoms with Crippen LogP contribution in [0.2, 0.25) is 0 Å². The van der Waals surface area contributed by atoms with Crippen molar-refractivity contribution in [3.8, 4) is 0 Å². The Kier molecular flexibility index (Phi) is 6.22. The van der Waals surface area contributed by atoms with Crippen LogP contribution in [0, 0.1) is 5.92 Å². The molecule has 32 heavy (non-hydrogen) atoms. The Balaban J connectivity index is 1.05. The van der Waals surface area contributed by atoms with Gasteiger partial charge in [-0.2, -0.15) is 0 Å². The Morgan fingerprint density at radius 2 is 1.44 bits per heavy atom. The molecule has 0 unspecified atom stereocenters. The van der Waals surface area contributed by atoms with Crippen LogP contribution in [0.15, 0.2) is 66.7 Å². The van der Waals surface area contributed by atoms with Gasteiger partial charge >= 0.3 is 0 Å². The van der Waals surface area contributed by atoms with Crippen LogP contribution in [0.1, 0.15) is 78.5 Å². The zero-order valence-electron chi connectivity index (χ0n) is 18.6. The maximum absolute atomic E-state index is 12.3. The second-order valence-electron chi connectivity index (χ2n) is 9.55. The molecule has 1 saturated carbocycles. The summed E-state index contributed by atoms with van der Waals surface area (Å²) in [5.74, 6) is 0.452. The fourth-order valence-corrected chi connectivity index (χ4v) is 5.99. The van der Waals surface area contributed by atoms with E-state index in [2.05, 4.69) is 34.5 Å². The lowest BCUT2D eigenvalue weighted by Gasteiger charge is -2.31. The summed E-state index contributed by atoms with van der Waals surface area (Å²) >= 11 is 0. The lowest BCUT2D eigenvalue weighted by Crippen LogP contribution is -2.37. The molecule has 2 heterocycles. The van der Waals surface area contributed by atoms with Crippen molar-refractivity contribution >= 4 is 11.7 Å². The predicted molar refractivity (Wildman–Crippen MR) is 126 cm³/mol. The molecule has 1 amide bonds. The van der Waals surface area contributed by atoms with E-state index in [0.717, 1.165) is 18.8 Å². The number of fused-ring (bicyclic) bond motifs is 5. The van der Waals surface area contributed by atoms with Gasteiger partial charge in [-0.15, -0.1) is 0 Å². The summed E-state index contributed by atoms with van der Waals surface area (Å²) in [7, 11) is 0. The predicted octanol–water partition coefficient (Wildman–Crippen LogP) is 5.38. The minimum absolute atomic E-state index is 0.137. The molecule has 3 aliphatic rings. The highest BCUT2D eigenvalue weighted by Gasteiger charge is 2.43.